The molecule has 0 saturated heterocycles. The normalized spacial score (nSPS) is 11.7. The summed E-state index contributed by atoms with van der Waals surface area (Å²) in [5, 5.41) is 56.7. The number of aldehydes is 2. The average Bonchev–Trinajstić information content (AvgIpc) is 2.83. The van der Waals surface area contributed by atoms with Crippen LogP contribution in [0, 0.1) is 20.8 Å². The number of phenolic OH excluding ortho intramolecular Hbond substituents is 5. The number of aryl methyl sites for hydroxylation is 2. The van der Waals surface area contributed by atoms with Gasteiger partial charge < -0.3 is 25.5 Å². The average molecular weight is 517 g/mol. The van der Waals surface area contributed by atoms with Crippen LogP contribution in [0.1, 0.15) is 88.1 Å². The lowest BCUT2D eigenvalue weighted by Crippen LogP contribution is -2.02. The number of carbonyl (C=O) groups is 2. The number of hydrogen-bond acceptors (Lipinski definition) is 7. The van der Waals surface area contributed by atoms with Crippen molar-refractivity contribution in [2.45, 2.75) is 60.3 Å². The second kappa shape index (κ2) is 9.24. The summed E-state index contributed by atoms with van der Waals surface area (Å²) in [5.74, 6) is -2.00. The van der Waals surface area contributed by atoms with E-state index in [9.17, 15) is 35.1 Å². The molecule has 7 nitrogen and oxygen atoms in total. The van der Waals surface area contributed by atoms with E-state index >= 15 is 0 Å². The van der Waals surface area contributed by atoms with Crippen LogP contribution >= 0.6 is 0 Å². The van der Waals surface area contributed by atoms with Crippen LogP contribution in [0.4, 0.5) is 0 Å². The zero-order valence-electron chi connectivity index (χ0n) is 22.5. The first kappa shape index (κ1) is 26.8. The molecule has 0 aromatic heterocycles. The number of phenols is 5. The third-order valence-corrected chi connectivity index (χ3v) is 7.50. The summed E-state index contributed by atoms with van der Waals surface area (Å²) < 4.78 is 0. The Kier molecular flexibility index (Phi) is 6.52. The lowest BCUT2D eigenvalue weighted by Gasteiger charge is -2.23. The number of benzene rings is 4. The summed E-state index contributed by atoms with van der Waals surface area (Å²) in [4.78, 5) is 24.2. The quantitative estimate of drug-likeness (QED) is 0.143. The van der Waals surface area contributed by atoms with Crippen molar-refractivity contribution in [2.24, 2.45) is 0 Å². The second-order valence-corrected chi connectivity index (χ2v) is 10.5. The third kappa shape index (κ3) is 3.56. The largest absolute Gasteiger partial charge is 0.507 e. The van der Waals surface area contributed by atoms with Crippen LogP contribution in [0.5, 0.6) is 28.7 Å². The van der Waals surface area contributed by atoms with Crippen LogP contribution in [0.15, 0.2) is 12.1 Å². The zero-order chi connectivity index (χ0) is 28.4. The molecule has 4 aromatic rings. The Hall–Kier alpha value is -4.26. The van der Waals surface area contributed by atoms with E-state index in [1.165, 1.54) is 0 Å². The highest BCUT2D eigenvalue weighted by Gasteiger charge is 2.29. The van der Waals surface area contributed by atoms with Crippen molar-refractivity contribution in [1.82, 2.24) is 0 Å². The molecule has 0 spiro atoms. The molecule has 0 aliphatic heterocycles. The van der Waals surface area contributed by atoms with Gasteiger partial charge in [-0.05, 0) is 54.5 Å². The molecule has 0 atom stereocenters. The van der Waals surface area contributed by atoms with E-state index in [4.69, 9.17) is 0 Å². The minimum absolute atomic E-state index is 0.00185. The molecule has 0 aliphatic rings. The van der Waals surface area contributed by atoms with Gasteiger partial charge in [-0.1, -0.05) is 39.8 Å². The Morgan fingerprint density at radius 1 is 0.579 bits per heavy atom. The molecule has 0 radical (unpaired) electrons. The third-order valence-electron chi connectivity index (χ3n) is 7.50. The van der Waals surface area contributed by atoms with Crippen molar-refractivity contribution in [3.05, 3.63) is 51.1 Å². The Labute approximate surface area is 220 Å². The molecule has 5 N–H and O–H groups in total. The summed E-state index contributed by atoms with van der Waals surface area (Å²) in [7, 11) is 0. The molecular formula is C31H32O7. The van der Waals surface area contributed by atoms with Crippen LogP contribution in [-0.2, 0) is 0 Å². The van der Waals surface area contributed by atoms with Crippen LogP contribution < -0.4 is 0 Å². The van der Waals surface area contributed by atoms with Gasteiger partial charge in [0.1, 0.15) is 17.2 Å². The Morgan fingerprint density at radius 2 is 0.974 bits per heavy atom. The van der Waals surface area contributed by atoms with Crippen LogP contribution in [-0.4, -0.2) is 38.1 Å². The molecule has 0 amide bonds. The van der Waals surface area contributed by atoms with Crippen molar-refractivity contribution in [3.8, 4) is 39.9 Å². The predicted molar refractivity (Wildman–Crippen MR) is 148 cm³/mol. The second-order valence-electron chi connectivity index (χ2n) is 10.5. The Bertz CT molecular complexity index is 1550. The van der Waals surface area contributed by atoms with Crippen molar-refractivity contribution in [3.63, 3.8) is 0 Å². The summed E-state index contributed by atoms with van der Waals surface area (Å²) >= 11 is 0. The number of aromatic hydroxyl groups is 5. The summed E-state index contributed by atoms with van der Waals surface area (Å²) in [5.41, 5.74) is 2.77. The fourth-order valence-corrected chi connectivity index (χ4v) is 5.78. The molecule has 0 bridgehead atoms. The van der Waals surface area contributed by atoms with Gasteiger partial charge in [-0.15, -0.1) is 0 Å². The topological polar surface area (TPSA) is 135 Å². The molecule has 7 heteroatoms. The Balaban J connectivity index is 2.27. The molecule has 198 valence electrons. The van der Waals surface area contributed by atoms with Crippen molar-refractivity contribution < 1.29 is 35.1 Å². The van der Waals surface area contributed by atoms with Crippen LogP contribution in [0.25, 0.3) is 32.7 Å². The maximum absolute atomic E-state index is 12.2. The van der Waals surface area contributed by atoms with Gasteiger partial charge in [0.15, 0.2) is 24.1 Å². The number of rotatable bonds is 5. The zero-order valence-corrected chi connectivity index (χ0v) is 22.5. The SMILES string of the molecule is Cc1cc2c(C(C)C)c(O)c(C)c(C=O)c2c(O)c1-c1c(C)cc2c(C(C)C)c(O)c(O)c(C=O)c2c1O. The van der Waals surface area contributed by atoms with Crippen molar-refractivity contribution in [2.75, 3.05) is 0 Å². The molecule has 4 rings (SSSR count). The van der Waals surface area contributed by atoms with E-state index in [1.807, 2.05) is 27.7 Å². The lowest BCUT2D eigenvalue weighted by molar-refractivity contribution is 0.111. The summed E-state index contributed by atoms with van der Waals surface area (Å²) in [6.45, 7) is 12.5. The van der Waals surface area contributed by atoms with E-state index in [2.05, 4.69) is 0 Å². The minimum Gasteiger partial charge on any atom is -0.507 e. The summed E-state index contributed by atoms with van der Waals surface area (Å²) in [6, 6.07) is 3.47. The first-order valence-corrected chi connectivity index (χ1v) is 12.5. The highest BCUT2D eigenvalue weighted by molar-refractivity contribution is 6.13. The monoisotopic (exact) mass is 516 g/mol. The Morgan fingerprint density at radius 3 is 1.37 bits per heavy atom. The van der Waals surface area contributed by atoms with Gasteiger partial charge in [-0.25, -0.2) is 0 Å². The molecule has 0 heterocycles. The standard InChI is InChI=1S/C31H32O7/c1-12(2)21-17-8-14(5)23(29(36)25(17)19(10-32)16(7)27(21)34)24-15(6)9-18-22(13(3)4)31(38)28(35)20(11-33)26(18)30(24)37/h8-13,34-38H,1-7H3. The smallest absolute Gasteiger partial charge is 0.169 e. The van der Waals surface area contributed by atoms with Crippen LogP contribution in [0.2, 0.25) is 0 Å². The highest BCUT2D eigenvalue weighted by atomic mass is 16.3. The van der Waals surface area contributed by atoms with E-state index in [-0.39, 0.29) is 62.1 Å². The van der Waals surface area contributed by atoms with E-state index < -0.39 is 11.5 Å². The first-order chi connectivity index (χ1) is 17.8. The maximum Gasteiger partial charge on any atom is 0.169 e. The first-order valence-electron chi connectivity index (χ1n) is 12.5. The number of carbonyl (C=O) groups excluding carboxylic acids is 2. The molecule has 0 aliphatic carbocycles. The fourth-order valence-electron chi connectivity index (χ4n) is 5.78. The molecule has 0 fully saturated rings. The molecule has 38 heavy (non-hydrogen) atoms. The van der Waals surface area contributed by atoms with Gasteiger partial charge in [0.2, 0.25) is 0 Å². The van der Waals surface area contributed by atoms with Crippen molar-refractivity contribution in [1.29, 1.82) is 0 Å². The fraction of sp³-hybridized carbons (Fsp3) is 0.290. The summed E-state index contributed by atoms with van der Waals surface area (Å²) in [6.07, 6.45) is 0.965. The van der Waals surface area contributed by atoms with E-state index in [0.717, 1.165) is 0 Å². The van der Waals surface area contributed by atoms with Crippen LogP contribution in [0.3, 0.4) is 0 Å². The molecule has 4 aromatic carbocycles. The maximum atomic E-state index is 12.2. The highest BCUT2D eigenvalue weighted by Crippen LogP contribution is 2.53. The van der Waals surface area contributed by atoms with E-state index in [0.29, 0.717) is 51.2 Å². The molecular weight excluding hydrogens is 484 g/mol. The lowest BCUT2D eigenvalue weighted by atomic mass is 9.82. The molecule has 0 unspecified atom stereocenters. The number of fused-ring (bicyclic) bond motifs is 2. The molecule has 0 saturated carbocycles. The van der Waals surface area contributed by atoms with Crippen molar-refractivity contribution >= 4 is 34.1 Å². The van der Waals surface area contributed by atoms with Gasteiger partial charge in [0.25, 0.3) is 0 Å². The minimum atomic E-state index is -0.628. The van der Waals surface area contributed by atoms with E-state index in [1.54, 1.807) is 32.9 Å². The van der Waals surface area contributed by atoms with Gasteiger partial charge >= 0.3 is 0 Å². The van der Waals surface area contributed by atoms with Gasteiger partial charge in [-0.3, -0.25) is 9.59 Å². The number of hydrogen-bond donors (Lipinski definition) is 5. The van der Waals surface area contributed by atoms with Gasteiger partial charge in [-0.2, -0.15) is 0 Å². The van der Waals surface area contributed by atoms with Gasteiger partial charge in [0.05, 0.1) is 5.56 Å². The predicted octanol–water partition coefficient (Wildman–Crippen LogP) is 6.99. The van der Waals surface area contributed by atoms with Gasteiger partial charge in [0, 0.05) is 44.2 Å².